The molecule has 0 aliphatic carbocycles. The summed E-state index contributed by atoms with van der Waals surface area (Å²) in [7, 11) is 1.58. The summed E-state index contributed by atoms with van der Waals surface area (Å²) < 4.78 is 50.5. The van der Waals surface area contributed by atoms with Crippen LogP contribution in [0.5, 0.6) is 0 Å². The van der Waals surface area contributed by atoms with Gasteiger partial charge in [-0.05, 0) is 54.2 Å². The Bertz CT molecular complexity index is 1580. The van der Waals surface area contributed by atoms with Gasteiger partial charge in [-0.2, -0.15) is 13.2 Å². The molecule has 2 aromatic carbocycles. The minimum Gasteiger partial charge on any atom is -0.396 e. The molecule has 0 spiro atoms. The lowest BCUT2D eigenvalue weighted by Crippen LogP contribution is -2.46. The average molecular weight is 674 g/mol. The first-order valence-corrected chi connectivity index (χ1v) is 15.7. The molecule has 0 radical (unpaired) electrons. The molecule has 0 amide bonds. The van der Waals surface area contributed by atoms with Crippen LogP contribution < -0.4 is 4.90 Å². The first-order chi connectivity index (χ1) is 20.9. The van der Waals surface area contributed by atoms with E-state index in [9.17, 15) is 18.3 Å². The zero-order valence-corrected chi connectivity index (χ0v) is 27.2. The maximum Gasteiger partial charge on any atom is 0.406 e. The van der Waals surface area contributed by atoms with Crippen molar-refractivity contribution in [1.82, 2.24) is 14.5 Å². The van der Waals surface area contributed by atoms with Crippen molar-refractivity contribution in [1.29, 1.82) is 0 Å². The van der Waals surface area contributed by atoms with Gasteiger partial charge >= 0.3 is 6.18 Å². The molecule has 0 bridgehead atoms. The summed E-state index contributed by atoms with van der Waals surface area (Å²) in [5.74, 6) is 0. The summed E-state index contributed by atoms with van der Waals surface area (Å²) in [6.45, 7) is 8.58. The topological polar surface area (TPSA) is 53.8 Å². The van der Waals surface area contributed by atoms with Crippen LogP contribution in [0.3, 0.4) is 0 Å². The maximum atomic E-state index is 14.2. The standard InChI is InChI=1S/C34H40BrF3N4O2/c1-23(44-4)31-28(17-26(19-39-31)41-14-12-40(13-15-41)20-24-8-6-5-7-9-24)32-29(18-33(2,3)22-43)27-16-25(35)10-11-30(27)42(32)21-34(36,37)38/h5-11,16-17,19,23,43H,12-15,18,20-22H2,1-4H3/t23-/m0/s1. The summed E-state index contributed by atoms with van der Waals surface area (Å²) in [4.78, 5) is 9.50. The Morgan fingerprint density at radius 1 is 1.02 bits per heavy atom. The minimum atomic E-state index is -4.45. The SMILES string of the molecule is CO[C@@H](C)c1ncc(N2CCN(Cc3ccccc3)CC2)cc1-c1c(CC(C)(C)CO)c2cc(Br)ccc2n1CC(F)(F)F. The molecular weight excluding hydrogens is 633 g/mol. The van der Waals surface area contributed by atoms with E-state index in [-0.39, 0.29) is 6.61 Å². The summed E-state index contributed by atoms with van der Waals surface area (Å²) in [6, 6.07) is 17.7. The van der Waals surface area contributed by atoms with Crippen LogP contribution in [0.15, 0.2) is 65.3 Å². The molecule has 1 aliphatic heterocycles. The average Bonchev–Trinajstić information content (AvgIpc) is 3.27. The number of halogens is 4. The molecule has 10 heteroatoms. The molecule has 1 N–H and O–H groups in total. The van der Waals surface area contributed by atoms with E-state index in [2.05, 4.69) is 37.9 Å². The minimum absolute atomic E-state index is 0.112. The number of hydrogen-bond donors (Lipinski definition) is 1. The Kier molecular flexibility index (Phi) is 9.75. The van der Waals surface area contributed by atoms with Gasteiger partial charge < -0.3 is 19.3 Å². The first kappa shape index (κ1) is 32.5. The molecule has 236 valence electrons. The molecule has 6 nitrogen and oxygen atoms in total. The molecule has 1 aliphatic rings. The van der Waals surface area contributed by atoms with Crippen molar-refractivity contribution >= 4 is 32.5 Å². The number of methoxy groups -OCH3 is 1. The van der Waals surface area contributed by atoms with Gasteiger partial charge in [-0.3, -0.25) is 9.88 Å². The lowest BCUT2D eigenvalue weighted by atomic mass is 9.84. The highest BCUT2D eigenvalue weighted by Gasteiger charge is 2.34. The van der Waals surface area contributed by atoms with Crippen molar-refractivity contribution < 1.29 is 23.0 Å². The zero-order chi connectivity index (χ0) is 31.6. The summed E-state index contributed by atoms with van der Waals surface area (Å²) in [5.41, 5.74) is 4.46. The van der Waals surface area contributed by atoms with Crippen molar-refractivity contribution in [2.24, 2.45) is 5.41 Å². The van der Waals surface area contributed by atoms with E-state index in [4.69, 9.17) is 9.72 Å². The highest BCUT2D eigenvalue weighted by Crippen LogP contribution is 2.43. The fourth-order valence-electron chi connectivity index (χ4n) is 6.03. The lowest BCUT2D eigenvalue weighted by molar-refractivity contribution is -0.139. The van der Waals surface area contributed by atoms with Crippen molar-refractivity contribution in [3.8, 4) is 11.3 Å². The highest BCUT2D eigenvalue weighted by molar-refractivity contribution is 9.10. The van der Waals surface area contributed by atoms with Gasteiger partial charge in [-0.25, -0.2) is 0 Å². The number of benzene rings is 2. The zero-order valence-electron chi connectivity index (χ0n) is 25.7. The van der Waals surface area contributed by atoms with Crippen LogP contribution in [0.25, 0.3) is 22.2 Å². The van der Waals surface area contributed by atoms with Gasteiger partial charge in [0, 0.05) is 67.4 Å². The lowest BCUT2D eigenvalue weighted by Gasteiger charge is -2.36. The molecule has 2 aromatic heterocycles. The Labute approximate surface area is 265 Å². The van der Waals surface area contributed by atoms with Crippen LogP contribution in [0, 0.1) is 5.41 Å². The van der Waals surface area contributed by atoms with Crippen LogP contribution in [-0.4, -0.2) is 65.6 Å². The van der Waals surface area contributed by atoms with E-state index < -0.39 is 24.2 Å². The quantitative estimate of drug-likeness (QED) is 0.188. The second-order valence-electron chi connectivity index (χ2n) is 12.4. The van der Waals surface area contributed by atoms with Crippen LogP contribution in [0.2, 0.25) is 0 Å². The van der Waals surface area contributed by atoms with Gasteiger partial charge in [0.25, 0.3) is 0 Å². The number of aromatic nitrogens is 2. The van der Waals surface area contributed by atoms with E-state index in [1.807, 2.05) is 57.3 Å². The smallest absolute Gasteiger partial charge is 0.396 e. The summed E-state index contributed by atoms with van der Waals surface area (Å²) in [6.07, 6.45) is -2.72. The Hall–Kier alpha value is -2.92. The number of rotatable bonds is 10. The molecule has 44 heavy (non-hydrogen) atoms. The predicted octanol–water partition coefficient (Wildman–Crippen LogP) is 7.62. The normalized spacial score (nSPS) is 15.7. The molecule has 5 rings (SSSR count). The predicted molar refractivity (Wildman–Crippen MR) is 173 cm³/mol. The van der Waals surface area contributed by atoms with Gasteiger partial charge in [0.05, 0.1) is 29.4 Å². The number of piperazine rings is 1. The molecule has 0 unspecified atom stereocenters. The number of hydrogen-bond acceptors (Lipinski definition) is 5. The van der Waals surface area contributed by atoms with Crippen molar-refractivity contribution in [3.05, 3.63) is 82.1 Å². The summed E-state index contributed by atoms with van der Waals surface area (Å²) in [5, 5.41) is 10.9. The van der Waals surface area contributed by atoms with Gasteiger partial charge in [-0.15, -0.1) is 0 Å². The molecule has 1 saturated heterocycles. The third-order valence-electron chi connectivity index (χ3n) is 8.44. The fourth-order valence-corrected chi connectivity index (χ4v) is 6.39. The van der Waals surface area contributed by atoms with Gasteiger partial charge in [-0.1, -0.05) is 60.1 Å². The molecule has 3 heterocycles. The third-order valence-corrected chi connectivity index (χ3v) is 8.93. The van der Waals surface area contributed by atoms with E-state index in [1.54, 1.807) is 19.2 Å². The monoisotopic (exact) mass is 672 g/mol. The highest BCUT2D eigenvalue weighted by atomic mass is 79.9. The second-order valence-corrected chi connectivity index (χ2v) is 13.4. The van der Waals surface area contributed by atoms with Crippen molar-refractivity contribution in [3.63, 3.8) is 0 Å². The van der Waals surface area contributed by atoms with E-state index >= 15 is 0 Å². The molecular formula is C34H40BrF3N4O2. The largest absolute Gasteiger partial charge is 0.406 e. The van der Waals surface area contributed by atoms with E-state index in [1.165, 1.54) is 10.1 Å². The Morgan fingerprint density at radius 3 is 2.36 bits per heavy atom. The molecule has 4 aromatic rings. The molecule has 0 saturated carbocycles. The first-order valence-electron chi connectivity index (χ1n) is 14.9. The van der Waals surface area contributed by atoms with Crippen LogP contribution in [-0.2, 0) is 24.2 Å². The van der Waals surface area contributed by atoms with E-state index in [0.29, 0.717) is 28.9 Å². The number of pyridine rings is 1. The van der Waals surface area contributed by atoms with Gasteiger partial charge in [0.1, 0.15) is 6.54 Å². The molecule has 1 atom stereocenters. The molecule has 1 fully saturated rings. The number of fused-ring (bicyclic) bond motifs is 1. The number of aliphatic hydroxyl groups excluding tert-OH is 1. The fraction of sp³-hybridized carbons (Fsp3) is 0.441. The van der Waals surface area contributed by atoms with Crippen molar-refractivity contribution in [2.75, 3.05) is 44.8 Å². The van der Waals surface area contributed by atoms with E-state index in [0.717, 1.165) is 53.8 Å². The van der Waals surface area contributed by atoms with Crippen LogP contribution in [0.4, 0.5) is 18.9 Å². The van der Waals surface area contributed by atoms with Crippen molar-refractivity contribution in [2.45, 2.75) is 52.6 Å². The maximum absolute atomic E-state index is 14.2. The van der Waals surface area contributed by atoms with Gasteiger partial charge in [0.2, 0.25) is 0 Å². The van der Waals surface area contributed by atoms with Gasteiger partial charge in [0.15, 0.2) is 0 Å². The van der Waals surface area contributed by atoms with Crippen LogP contribution >= 0.6 is 15.9 Å². The Morgan fingerprint density at radius 2 is 1.73 bits per heavy atom. The summed E-state index contributed by atoms with van der Waals surface area (Å²) >= 11 is 3.53. The third kappa shape index (κ3) is 7.30. The number of ether oxygens (including phenoxy) is 1. The Balaban J connectivity index is 1.63. The number of aliphatic hydroxyl groups is 1. The number of alkyl halides is 3. The number of nitrogens with zero attached hydrogens (tertiary/aromatic N) is 4. The second kappa shape index (κ2) is 13.2. The van der Waals surface area contributed by atoms with Crippen LogP contribution in [0.1, 0.15) is 43.7 Å². The number of anilines is 1.